The highest BCUT2D eigenvalue weighted by atomic mass is 32.2. The van der Waals surface area contributed by atoms with Crippen LogP contribution in [0.15, 0.2) is 52.3 Å². The fourth-order valence-corrected chi connectivity index (χ4v) is 2.58. The van der Waals surface area contributed by atoms with Crippen LogP contribution in [0.1, 0.15) is 5.56 Å². The average molecular weight is 301 g/mol. The second kappa shape index (κ2) is 6.02. The minimum Gasteiger partial charge on any atom is -0.258 e. The van der Waals surface area contributed by atoms with Crippen LogP contribution in [-0.4, -0.2) is 9.85 Å². The first kappa shape index (κ1) is 14.5. The van der Waals surface area contributed by atoms with Crippen LogP contribution in [0, 0.1) is 31.6 Å². The van der Waals surface area contributed by atoms with Gasteiger partial charge >= 0.3 is 0 Å². The largest absolute Gasteiger partial charge is 0.295 e. The molecular weight excluding hydrogens is 294 g/mol. The minimum atomic E-state index is -0.791. The Balaban J connectivity index is 2.56. The smallest absolute Gasteiger partial charge is 0.258 e. The molecule has 0 amide bonds. The number of nitriles is 1. The highest BCUT2D eigenvalue weighted by Crippen LogP contribution is 2.36. The molecule has 0 aliphatic rings. The summed E-state index contributed by atoms with van der Waals surface area (Å²) in [7, 11) is 0. The highest BCUT2D eigenvalue weighted by Gasteiger charge is 2.26. The van der Waals surface area contributed by atoms with Crippen molar-refractivity contribution < 1.29 is 9.85 Å². The average Bonchev–Trinajstić information content (AvgIpc) is 2.47. The first-order valence-corrected chi connectivity index (χ1v) is 6.44. The summed E-state index contributed by atoms with van der Waals surface area (Å²) < 4.78 is 0. The van der Waals surface area contributed by atoms with Crippen LogP contribution in [0.4, 0.5) is 11.4 Å². The lowest BCUT2D eigenvalue weighted by molar-refractivity contribution is -0.395. The Morgan fingerprint density at radius 2 is 1.48 bits per heavy atom. The second-order valence-corrected chi connectivity index (χ2v) is 5.02. The van der Waals surface area contributed by atoms with E-state index in [1.54, 1.807) is 24.3 Å². The summed E-state index contributed by atoms with van der Waals surface area (Å²) >= 11 is 1.15. The number of nitro groups is 2. The number of hydrogen-bond acceptors (Lipinski definition) is 6. The summed E-state index contributed by atoms with van der Waals surface area (Å²) in [6, 6.07) is 12.8. The number of nitrogens with zero attached hydrogens (tertiary/aromatic N) is 3. The summed E-state index contributed by atoms with van der Waals surface area (Å²) in [4.78, 5) is 21.5. The Kier molecular flexibility index (Phi) is 4.15. The van der Waals surface area contributed by atoms with E-state index in [4.69, 9.17) is 5.26 Å². The summed E-state index contributed by atoms with van der Waals surface area (Å²) in [6.07, 6.45) is 0. The zero-order chi connectivity index (χ0) is 15.4. The molecule has 0 heterocycles. The lowest BCUT2D eigenvalue weighted by Gasteiger charge is -2.03. The summed E-state index contributed by atoms with van der Waals surface area (Å²) in [5.74, 6) is 0. The van der Waals surface area contributed by atoms with Crippen LogP contribution in [0.5, 0.6) is 0 Å². The van der Waals surface area contributed by atoms with E-state index in [1.807, 2.05) is 6.07 Å². The van der Waals surface area contributed by atoms with Crippen molar-refractivity contribution in [3.05, 3.63) is 68.3 Å². The third-order valence-electron chi connectivity index (χ3n) is 2.55. The standard InChI is InChI=1S/C13H7N3O4S/c14-8-11-12(15(17)18)6-10(7-13(11)16(19)20)21-9-4-2-1-3-5-9/h1-7H. The predicted molar refractivity (Wildman–Crippen MR) is 75.0 cm³/mol. The van der Waals surface area contributed by atoms with Gasteiger partial charge in [-0.2, -0.15) is 5.26 Å². The van der Waals surface area contributed by atoms with Gasteiger partial charge < -0.3 is 0 Å². The molecule has 2 rings (SSSR count). The van der Waals surface area contributed by atoms with Gasteiger partial charge in [-0.05, 0) is 12.1 Å². The molecule has 0 aromatic heterocycles. The quantitative estimate of drug-likeness (QED) is 0.631. The lowest BCUT2D eigenvalue weighted by atomic mass is 10.1. The first-order chi connectivity index (χ1) is 10.0. The fraction of sp³-hybridized carbons (Fsp3) is 0. The van der Waals surface area contributed by atoms with Crippen LogP contribution in [0.3, 0.4) is 0 Å². The molecule has 0 spiro atoms. The molecule has 0 radical (unpaired) electrons. The van der Waals surface area contributed by atoms with Gasteiger partial charge in [-0.3, -0.25) is 20.2 Å². The molecule has 0 saturated carbocycles. The maximum Gasteiger partial charge on any atom is 0.295 e. The van der Waals surface area contributed by atoms with Gasteiger partial charge in [0, 0.05) is 21.9 Å². The maximum atomic E-state index is 11.0. The Morgan fingerprint density at radius 3 is 1.90 bits per heavy atom. The van der Waals surface area contributed by atoms with E-state index >= 15 is 0 Å². The van der Waals surface area contributed by atoms with Crippen LogP contribution in [0.2, 0.25) is 0 Å². The maximum absolute atomic E-state index is 11.0. The van der Waals surface area contributed by atoms with E-state index < -0.39 is 26.8 Å². The van der Waals surface area contributed by atoms with Gasteiger partial charge in [-0.25, -0.2) is 0 Å². The molecule has 0 atom stereocenters. The van der Waals surface area contributed by atoms with Gasteiger partial charge in [-0.1, -0.05) is 30.0 Å². The normalized spacial score (nSPS) is 9.86. The van der Waals surface area contributed by atoms with Crippen molar-refractivity contribution in [3.8, 4) is 6.07 Å². The third kappa shape index (κ3) is 3.16. The van der Waals surface area contributed by atoms with E-state index in [0.717, 1.165) is 16.7 Å². The predicted octanol–water partition coefficient (Wildman–Crippen LogP) is 3.53. The van der Waals surface area contributed by atoms with Crippen LogP contribution < -0.4 is 0 Å². The van der Waals surface area contributed by atoms with Crippen molar-refractivity contribution in [3.63, 3.8) is 0 Å². The van der Waals surface area contributed by atoms with E-state index in [1.165, 1.54) is 18.2 Å². The number of hydrogen-bond donors (Lipinski definition) is 0. The highest BCUT2D eigenvalue weighted by molar-refractivity contribution is 7.99. The number of nitro benzene ring substituents is 2. The van der Waals surface area contributed by atoms with E-state index in [0.29, 0.717) is 4.90 Å². The van der Waals surface area contributed by atoms with Crippen molar-refractivity contribution in [1.29, 1.82) is 5.26 Å². The van der Waals surface area contributed by atoms with E-state index in [-0.39, 0.29) is 0 Å². The third-order valence-corrected chi connectivity index (χ3v) is 3.53. The molecule has 0 bridgehead atoms. The van der Waals surface area contributed by atoms with Crippen LogP contribution >= 0.6 is 11.8 Å². The Bertz CT molecular complexity index is 721. The van der Waals surface area contributed by atoms with E-state index in [9.17, 15) is 20.2 Å². The monoisotopic (exact) mass is 301 g/mol. The van der Waals surface area contributed by atoms with Crippen LogP contribution in [-0.2, 0) is 0 Å². The lowest BCUT2D eigenvalue weighted by Crippen LogP contribution is -1.99. The Hall–Kier alpha value is -2.92. The molecule has 104 valence electrons. The summed E-state index contributed by atoms with van der Waals surface area (Å²) in [5, 5.41) is 30.9. The zero-order valence-electron chi connectivity index (χ0n) is 10.4. The van der Waals surface area contributed by atoms with Gasteiger partial charge in [0.2, 0.25) is 5.56 Å². The van der Waals surface area contributed by atoms with Crippen molar-refractivity contribution in [2.24, 2.45) is 0 Å². The zero-order valence-corrected chi connectivity index (χ0v) is 11.2. The SMILES string of the molecule is N#Cc1c([N+](=O)[O-])cc(Sc2ccccc2)cc1[N+](=O)[O-]. The van der Waals surface area contributed by atoms with Gasteiger partial charge in [0.15, 0.2) is 0 Å². The Morgan fingerprint density at radius 1 is 0.952 bits per heavy atom. The minimum absolute atomic E-state index is 0.332. The molecule has 21 heavy (non-hydrogen) atoms. The van der Waals surface area contributed by atoms with Crippen molar-refractivity contribution in [1.82, 2.24) is 0 Å². The molecule has 0 unspecified atom stereocenters. The molecule has 2 aromatic carbocycles. The Labute approximate surface area is 123 Å². The van der Waals surface area contributed by atoms with Crippen LogP contribution in [0.25, 0.3) is 0 Å². The van der Waals surface area contributed by atoms with Gasteiger partial charge in [0.05, 0.1) is 9.85 Å². The fourth-order valence-electron chi connectivity index (χ4n) is 1.67. The second-order valence-electron chi connectivity index (χ2n) is 3.88. The molecule has 7 nitrogen and oxygen atoms in total. The van der Waals surface area contributed by atoms with Crippen molar-refractivity contribution in [2.45, 2.75) is 9.79 Å². The van der Waals surface area contributed by atoms with Gasteiger partial charge in [0.25, 0.3) is 11.4 Å². The number of rotatable bonds is 4. The summed E-state index contributed by atoms with van der Waals surface area (Å²) in [6.45, 7) is 0. The summed E-state index contributed by atoms with van der Waals surface area (Å²) in [5.41, 5.74) is -1.67. The molecule has 0 fully saturated rings. The molecule has 2 aromatic rings. The van der Waals surface area contributed by atoms with Crippen molar-refractivity contribution >= 4 is 23.1 Å². The topological polar surface area (TPSA) is 110 Å². The number of benzene rings is 2. The van der Waals surface area contributed by atoms with Gasteiger partial charge in [0.1, 0.15) is 6.07 Å². The molecule has 0 N–H and O–H groups in total. The molecule has 0 aliphatic heterocycles. The van der Waals surface area contributed by atoms with Gasteiger partial charge in [-0.15, -0.1) is 0 Å². The molecule has 0 saturated heterocycles. The molecule has 8 heteroatoms. The molecule has 0 aliphatic carbocycles. The molecular formula is C13H7N3O4S. The van der Waals surface area contributed by atoms with Crippen molar-refractivity contribution in [2.75, 3.05) is 0 Å². The van der Waals surface area contributed by atoms with E-state index in [2.05, 4.69) is 0 Å². The first-order valence-electron chi connectivity index (χ1n) is 5.62.